The van der Waals surface area contributed by atoms with Crippen LogP contribution in [0.2, 0.25) is 0 Å². The first-order valence-corrected chi connectivity index (χ1v) is 9.37. The van der Waals surface area contributed by atoms with Crippen molar-refractivity contribution in [3.05, 3.63) is 23.8 Å². The van der Waals surface area contributed by atoms with E-state index in [1.807, 2.05) is 18.2 Å². The number of hydrogen-bond donors (Lipinski definition) is 0. The Morgan fingerprint density at radius 2 is 1.59 bits per heavy atom. The highest BCUT2D eigenvalue weighted by atomic mass is 32.2. The predicted molar refractivity (Wildman–Crippen MR) is 85.1 cm³/mol. The summed E-state index contributed by atoms with van der Waals surface area (Å²) in [5.74, 6) is 1.38. The zero-order valence-corrected chi connectivity index (χ0v) is 14.2. The molecule has 22 heavy (non-hydrogen) atoms. The summed E-state index contributed by atoms with van der Waals surface area (Å²) in [5, 5.41) is 0. The van der Waals surface area contributed by atoms with Crippen LogP contribution in [0.1, 0.15) is 43.6 Å². The van der Waals surface area contributed by atoms with Gasteiger partial charge in [-0.3, -0.25) is 4.18 Å². The average Bonchev–Trinajstić information content (AvgIpc) is 2.69. The van der Waals surface area contributed by atoms with E-state index in [9.17, 15) is 8.42 Å². The topological polar surface area (TPSA) is 61.8 Å². The van der Waals surface area contributed by atoms with E-state index in [0.717, 1.165) is 43.9 Å². The molecule has 1 saturated carbocycles. The van der Waals surface area contributed by atoms with Gasteiger partial charge < -0.3 is 9.47 Å². The standard InChI is InChI=1S/C16H24O5S/c1-19-14-10-7-11-15(20-2)16(14)12-8-5-4-6-9-13(12)21-22(3,17)18/h7,10-13H,4-6,8-9H2,1-3H3. The molecule has 1 aromatic rings. The number of hydrogen-bond acceptors (Lipinski definition) is 5. The highest BCUT2D eigenvalue weighted by Crippen LogP contribution is 2.43. The molecule has 124 valence electrons. The summed E-state index contributed by atoms with van der Waals surface area (Å²) in [6.07, 6.45) is 5.40. The summed E-state index contributed by atoms with van der Waals surface area (Å²) in [7, 11) is -0.277. The van der Waals surface area contributed by atoms with Crippen molar-refractivity contribution in [1.82, 2.24) is 0 Å². The number of ether oxygens (including phenoxy) is 2. The Morgan fingerprint density at radius 3 is 2.14 bits per heavy atom. The van der Waals surface area contributed by atoms with Gasteiger partial charge in [0.25, 0.3) is 10.1 Å². The summed E-state index contributed by atoms with van der Waals surface area (Å²) >= 11 is 0. The summed E-state index contributed by atoms with van der Waals surface area (Å²) < 4.78 is 39.6. The van der Waals surface area contributed by atoms with Gasteiger partial charge >= 0.3 is 0 Å². The Kier molecular flexibility index (Phi) is 5.69. The second kappa shape index (κ2) is 7.33. The fourth-order valence-corrected chi connectivity index (χ4v) is 3.87. The van der Waals surface area contributed by atoms with E-state index in [0.29, 0.717) is 11.5 Å². The summed E-state index contributed by atoms with van der Waals surface area (Å²) in [4.78, 5) is 0. The zero-order chi connectivity index (χ0) is 16.2. The van der Waals surface area contributed by atoms with Gasteiger partial charge in [-0.05, 0) is 25.0 Å². The van der Waals surface area contributed by atoms with Gasteiger partial charge in [0.05, 0.1) is 26.6 Å². The number of benzene rings is 1. The molecule has 0 saturated heterocycles. The molecule has 0 heterocycles. The second-order valence-corrected chi connectivity index (χ2v) is 7.26. The maximum atomic E-state index is 11.6. The van der Waals surface area contributed by atoms with Crippen molar-refractivity contribution in [3.63, 3.8) is 0 Å². The largest absolute Gasteiger partial charge is 0.496 e. The van der Waals surface area contributed by atoms with E-state index in [2.05, 4.69) is 0 Å². The average molecular weight is 328 g/mol. The van der Waals surface area contributed by atoms with Crippen LogP contribution in [0.25, 0.3) is 0 Å². The van der Waals surface area contributed by atoms with Crippen molar-refractivity contribution in [3.8, 4) is 11.5 Å². The molecule has 0 aromatic heterocycles. The molecule has 2 atom stereocenters. The summed E-state index contributed by atoms with van der Waals surface area (Å²) in [6.45, 7) is 0. The molecule has 0 N–H and O–H groups in total. The van der Waals surface area contributed by atoms with Crippen LogP contribution in [0.3, 0.4) is 0 Å². The second-order valence-electron chi connectivity index (χ2n) is 5.66. The molecule has 1 aliphatic carbocycles. The van der Waals surface area contributed by atoms with Crippen LogP contribution in [0, 0.1) is 0 Å². The molecular weight excluding hydrogens is 304 g/mol. The van der Waals surface area contributed by atoms with E-state index >= 15 is 0 Å². The third kappa shape index (κ3) is 4.14. The predicted octanol–water partition coefficient (Wildman–Crippen LogP) is 3.10. The van der Waals surface area contributed by atoms with Crippen molar-refractivity contribution < 1.29 is 22.1 Å². The fourth-order valence-electron chi connectivity index (χ4n) is 3.19. The maximum Gasteiger partial charge on any atom is 0.264 e. The van der Waals surface area contributed by atoms with Gasteiger partial charge in [-0.25, -0.2) is 0 Å². The molecule has 0 radical (unpaired) electrons. The third-order valence-electron chi connectivity index (χ3n) is 4.09. The highest BCUT2D eigenvalue weighted by Gasteiger charge is 2.32. The monoisotopic (exact) mass is 328 g/mol. The van der Waals surface area contributed by atoms with Gasteiger partial charge in [-0.2, -0.15) is 8.42 Å². The minimum atomic E-state index is -3.50. The SMILES string of the molecule is COc1cccc(OC)c1C1CCCCCC1OS(C)(=O)=O. The molecule has 0 bridgehead atoms. The number of methoxy groups -OCH3 is 2. The Balaban J connectivity index is 2.45. The zero-order valence-electron chi connectivity index (χ0n) is 13.4. The van der Waals surface area contributed by atoms with Crippen LogP contribution in [0.15, 0.2) is 18.2 Å². The van der Waals surface area contributed by atoms with Crippen LogP contribution in [0.5, 0.6) is 11.5 Å². The normalized spacial score (nSPS) is 22.9. The molecule has 5 nitrogen and oxygen atoms in total. The molecule has 6 heteroatoms. The van der Waals surface area contributed by atoms with Crippen LogP contribution in [-0.4, -0.2) is 35.0 Å². The molecule has 0 amide bonds. The molecule has 1 aliphatic rings. The van der Waals surface area contributed by atoms with Crippen LogP contribution < -0.4 is 9.47 Å². The first kappa shape index (κ1) is 17.1. The lowest BCUT2D eigenvalue weighted by Gasteiger charge is -2.27. The Labute approximate surface area is 132 Å². The van der Waals surface area contributed by atoms with E-state index < -0.39 is 10.1 Å². The lowest BCUT2D eigenvalue weighted by atomic mass is 9.88. The number of rotatable bonds is 5. The van der Waals surface area contributed by atoms with Gasteiger partial charge in [0.1, 0.15) is 11.5 Å². The van der Waals surface area contributed by atoms with Gasteiger partial charge in [0.2, 0.25) is 0 Å². The van der Waals surface area contributed by atoms with Gasteiger partial charge in [-0.15, -0.1) is 0 Å². The molecule has 0 spiro atoms. The quantitative estimate of drug-likeness (QED) is 0.614. The van der Waals surface area contributed by atoms with E-state index in [1.54, 1.807) is 14.2 Å². The van der Waals surface area contributed by atoms with Crippen molar-refractivity contribution in [2.24, 2.45) is 0 Å². The van der Waals surface area contributed by atoms with Crippen molar-refractivity contribution >= 4 is 10.1 Å². The lowest BCUT2D eigenvalue weighted by molar-refractivity contribution is 0.167. The highest BCUT2D eigenvalue weighted by molar-refractivity contribution is 7.86. The van der Waals surface area contributed by atoms with Crippen molar-refractivity contribution in [2.45, 2.75) is 44.1 Å². The summed E-state index contributed by atoms with van der Waals surface area (Å²) in [5.41, 5.74) is 0.906. The molecule has 1 fully saturated rings. The van der Waals surface area contributed by atoms with E-state index in [-0.39, 0.29) is 12.0 Å². The maximum absolute atomic E-state index is 11.6. The molecule has 1 aromatic carbocycles. The molecule has 2 rings (SSSR count). The Hall–Kier alpha value is -1.27. The Bertz CT molecular complexity index is 574. The smallest absolute Gasteiger partial charge is 0.264 e. The first-order chi connectivity index (χ1) is 10.5. The van der Waals surface area contributed by atoms with Gasteiger partial charge in [-0.1, -0.05) is 25.3 Å². The minimum absolute atomic E-state index is 0.0525. The van der Waals surface area contributed by atoms with Crippen LogP contribution in [0.4, 0.5) is 0 Å². The fraction of sp³-hybridized carbons (Fsp3) is 0.625. The van der Waals surface area contributed by atoms with Crippen molar-refractivity contribution in [1.29, 1.82) is 0 Å². The first-order valence-electron chi connectivity index (χ1n) is 7.55. The van der Waals surface area contributed by atoms with E-state index in [4.69, 9.17) is 13.7 Å². The summed E-state index contributed by atoms with van der Waals surface area (Å²) in [6, 6.07) is 5.62. The Morgan fingerprint density at radius 1 is 1.00 bits per heavy atom. The van der Waals surface area contributed by atoms with E-state index in [1.165, 1.54) is 0 Å². The lowest BCUT2D eigenvalue weighted by Crippen LogP contribution is -2.25. The van der Waals surface area contributed by atoms with Gasteiger partial charge in [0, 0.05) is 11.5 Å². The third-order valence-corrected chi connectivity index (χ3v) is 4.68. The van der Waals surface area contributed by atoms with Crippen LogP contribution in [-0.2, 0) is 14.3 Å². The van der Waals surface area contributed by atoms with Crippen molar-refractivity contribution in [2.75, 3.05) is 20.5 Å². The molecule has 2 unspecified atom stereocenters. The molecular formula is C16H24O5S. The minimum Gasteiger partial charge on any atom is -0.496 e. The van der Waals surface area contributed by atoms with Crippen LogP contribution >= 0.6 is 0 Å². The van der Waals surface area contributed by atoms with Gasteiger partial charge in [0.15, 0.2) is 0 Å². The molecule has 0 aliphatic heterocycles.